The average molecular weight is 357 g/mol. The zero-order valence-electron chi connectivity index (χ0n) is 14.4. The monoisotopic (exact) mass is 357 g/mol. The highest BCUT2D eigenvalue weighted by molar-refractivity contribution is 7.91. The molecule has 1 unspecified atom stereocenters. The van der Waals surface area contributed by atoms with Gasteiger partial charge in [0.15, 0.2) is 21.3 Å². The van der Waals surface area contributed by atoms with Crippen LogP contribution in [0.5, 0.6) is 17.2 Å². The molecule has 0 bridgehead atoms. The Morgan fingerprint density at radius 1 is 1.17 bits per heavy atom. The predicted molar refractivity (Wildman–Crippen MR) is 89.6 cm³/mol. The number of rotatable bonds is 6. The smallest absolute Gasteiger partial charge is 0.227 e. The summed E-state index contributed by atoms with van der Waals surface area (Å²) in [5.74, 6) is 1.44. The summed E-state index contributed by atoms with van der Waals surface area (Å²) in [6.07, 6.45) is 0.615. The normalized spacial score (nSPS) is 18.9. The molecule has 134 valence electrons. The minimum atomic E-state index is -3.03. The SMILES string of the molecule is COc1cc(CC(=O)N(C)C2CCS(=O)(=O)C2)cc(OC)c1OC. The van der Waals surface area contributed by atoms with Gasteiger partial charge in [0.2, 0.25) is 11.7 Å². The van der Waals surface area contributed by atoms with Crippen LogP contribution >= 0.6 is 0 Å². The van der Waals surface area contributed by atoms with Crippen LogP contribution in [-0.2, 0) is 21.1 Å². The molecule has 1 aromatic carbocycles. The number of hydrogen-bond acceptors (Lipinski definition) is 6. The molecule has 1 amide bonds. The molecule has 1 fully saturated rings. The van der Waals surface area contributed by atoms with Gasteiger partial charge in [-0.25, -0.2) is 8.42 Å². The molecule has 24 heavy (non-hydrogen) atoms. The molecule has 1 aliphatic rings. The second-order valence-electron chi connectivity index (χ2n) is 5.77. The first-order valence-corrected chi connectivity index (χ1v) is 9.38. The van der Waals surface area contributed by atoms with Crippen LogP contribution in [0.2, 0.25) is 0 Å². The Hall–Kier alpha value is -1.96. The lowest BCUT2D eigenvalue weighted by atomic mass is 10.1. The Morgan fingerprint density at radius 2 is 1.75 bits per heavy atom. The highest BCUT2D eigenvalue weighted by Gasteiger charge is 2.32. The Morgan fingerprint density at radius 3 is 2.17 bits per heavy atom. The highest BCUT2D eigenvalue weighted by Crippen LogP contribution is 2.38. The van der Waals surface area contributed by atoms with Crippen molar-refractivity contribution in [2.24, 2.45) is 0 Å². The van der Waals surface area contributed by atoms with Crippen LogP contribution in [0.4, 0.5) is 0 Å². The molecule has 0 radical (unpaired) electrons. The quantitative estimate of drug-likeness (QED) is 0.752. The van der Waals surface area contributed by atoms with Crippen molar-refractivity contribution in [1.29, 1.82) is 0 Å². The summed E-state index contributed by atoms with van der Waals surface area (Å²) in [6, 6.07) is 3.18. The van der Waals surface area contributed by atoms with Crippen LogP contribution in [-0.4, -0.2) is 65.1 Å². The molecule has 1 aliphatic heterocycles. The molecule has 0 saturated carbocycles. The summed E-state index contributed by atoms with van der Waals surface area (Å²) in [4.78, 5) is 14.0. The van der Waals surface area contributed by atoms with E-state index in [0.29, 0.717) is 29.2 Å². The molecular formula is C16H23NO6S. The lowest BCUT2D eigenvalue weighted by Gasteiger charge is -2.23. The summed E-state index contributed by atoms with van der Waals surface area (Å²) in [7, 11) is 3.16. The number of hydrogen-bond donors (Lipinski definition) is 0. The van der Waals surface area contributed by atoms with Crippen LogP contribution in [0.15, 0.2) is 12.1 Å². The lowest BCUT2D eigenvalue weighted by Crippen LogP contribution is -2.38. The molecule has 1 heterocycles. The molecule has 1 atom stereocenters. The second kappa shape index (κ2) is 7.29. The van der Waals surface area contributed by atoms with Crippen LogP contribution in [0, 0.1) is 0 Å². The summed E-state index contributed by atoms with van der Waals surface area (Å²) in [6.45, 7) is 0. The molecule has 2 rings (SSSR count). The number of methoxy groups -OCH3 is 3. The van der Waals surface area contributed by atoms with E-state index >= 15 is 0 Å². The zero-order valence-corrected chi connectivity index (χ0v) is 15.2. The van der Waals surface area contributed by atoms with Gasteiger partial charge in [0.05, 0.1) is 39.3 Å². The van der Waals surface area contributed by atoms with Gasteiger partial charge < -0.3 is 19.1 Å². The minimum Gasteiger partial charge on any atom is -0.493 e. The number of likely N-dealkylation sites (N-methyl/N-ethyl adjacent to an activating group) is 1. The molecule has 1 saturated heterocycles. The van der Waals surface area contributed by atoms with E-state index in [1.54, 1.807) is 19.2 Å². The van der Waals surface area contributed by atoms with E-state index in [1.165, 1.54) is 26.2 Å². The van der Waals surface area contributed by atoms with E-state index in [9.17, 15) is 13.2 Å². The van der Waals surface area contributed by atoms with Crippen LogP contribution in [0.3, 0.4) is 0 Å². The van der Waals surface area contributed by atoms with E-state index < -0.39 is 9.84 Å². The van der Waals surface area contributed by atoms with Gasteiger partial charge in [-0.05, 0) is 24.1 Å². The standard InChI is InChI=1S/C16H23NO6S/c1-17(12-5-6-24(19,20)10-12)15(18)9-11-7-13(21-2)16(23-4)14(8-11)22-3/h7-8,12H,5-6,9-10H2,1-4H3. The number of sulfone groups is 1. The number of carbonyl (C=O) groups excluding carboxylic acids is 1. The fourth-order valence-corrected chi connectivity index (χ4v) is 4.60. The fraction of sp³-hybridized carbons (Fsp3) is 0.562. The van der Waals surface area contributed by atoms with E-state index in [0.717, 1.165) is 0 Å². The number of benzene rings is 1. The Labute approximate surface area is 142 Å². The van der Waals surface area contributed by atoms with Crippen molar-refractivity contribution in [1.82, 2.24) is 4.90 Å². The van der Waals surface area contributed by atoms with Crippen molar-refractivity contribution < 1.29 is 27.4 Å². The first kappa shape index (κ1) is 18.4. The maximum Gasteiger partial charge on any atom is 0.227 e. The lowest BCUT2D eigenvalue weighted by molar-refractivity contribution is -0.130. The van der Waals surface area contributed by atoms with Crippen molar-refractivity contribution in [3.63, 3.8) is 0 Å². The van der Waals surface area contributed by atoms with Gasteiger partial charge in [0.1, 0.15) is 0 Å². The third-order valence-electron chi connectivity index (χ3n) is 4.23. The van der Waals surface area contributed by atoms with E-state index in [2.05, 4.69) is 0 Å². The van der Waals surface area contributed by atoms with E-state index in [4.69, 9.17) is 14.2 Å². The average Bonchev–Trinajstić information content (AvgIpc) is 2.92. The van der Waals surface area contributed by atoms with Crippen molar-refractivity contribution in [2.45, 2.75) is 18.9 Å². The summed E-state index contributed by atoms with van der Waals surface area (Å²) in [5.41, 5.74) is 0.710. The maximum atomic E-state index is 12.5. The molecule has 0 N–H and O–H groups in total. The van der Waals surface area contributed by atoms with Crippen LogP contribution in [0.25, 0.3) is 0 Å². The predicted octanol–water partition coefficient (Wildman–Crippen LogP) is 0.900. The maximum absolute atomic E-state index is 12.5. The first-order chi connectivity index (χ1) is 11.3. The van der Waals surface area contributed by atoms with Gasteiger partial charge in [-0.3, -0.25) is 4.79 Å². The number of carbonyl (C=O) groups is 1. The third kappa shape index (κ3) is 3.92. The van der Waals surface area contributed by atoms with Crippen molar-refractivity contribution in [3.05, 3.63) is 17.7 Å². The molecular weight excluding hydrogens is 334 g/mol. The molecule has 7 nitrogen and oxygen atoms in total. The van der Waals surface area contributed by atoms with Crippen LogP contribution < -0.4 is 14.2 Å². The largest absolute Gasteiger partial charge is 0.493 e. The molecule has 0 aromatic heterocycles. The fourth-order valence-electron chi connectivity index (χ4n) is 2.82. The second-order valence-corrected chi connectivity index (χ2v) is 8.00. The van der Waals surface area contributed by atoms with Crippen molar-refractivity contribution in [2.75, 3.05) is 39.9 Å². The number of amides is 1. The van der Waals surface area contributed by atoms with Gasteiger partial charge in [0.25, 0.3) is 0 Å². The van der Waals surface area contributed by atoms with Crippen LogP contribution in [0.1, 0.15) is 12.0 Å². The number of ether oxygens (including phenoxy) is 3. The van der Waals surface area contributed by atoms with Crippen molar-refractivity contribution >= 4 is 15.7 Å². The number of nitrogens with zero attached hydrogens (tertiary/aromatic N) is 1. The molecule has 1 aromatic rings. The van der Waals surface area contributed by atoms with Gasteiger partial charge >= 0.3 is 0 Å². The summed E-state index contributed by atoms with van der Waals surface area (Å²) in [5, 5.41) is 0. The Bertz CT molecular complexity index is 690. The summed E-state index contributed by atoms with van der Waals surface area (Å²) < 4.78 is 39.0. The highest BCUT2D eigenvalue weighted by atomic mass is 32.2. The Kier molecular flexibility index (Phi) is 5.58. The summed E-state index contributed by atoms with van der Waals surface area (Å²) >= 11 is 0. The Balaban J connectivity index is 2.16. The molecule has 0 spiro atoms. The first-order valence-electron chi connectivity index (χ1n) is 7.56. The third-order valence-corrected chi connectivity index (χ3v) is 5.98. The molecule has 8 heteroatoms. The molecule has 0 aliphatic carbocycles. The van der Waals surface area contributed by atoms with Gasteiger partial charge in [-0.1, -0.05) is 0 Å². The zero-order chi connectivity index (χ0) is 17.9. The minimum absolute atomic E-state index is 0.0322. The van der Waals surface area contributed by atoms with E-state index in [-0.39, 0.29) is 29.9 Å². The van der Waals surface area contributed by atoms with E-state index in [1.807, 2.05) is 0 Å². The van der Waals surface area contributed by atoms with Gasteiger partial charge in [-0.15, -0.1) is 0 Å². The van der Waals surface area contributed by atoms with Gasteiger partial charge in [0, 0.05) is 13.1 Å². The van der Waals surface area contributed by atoms with Gasteiger partial charge in [-0.2, -0.15) is 0 Å². The topological polar surface area (TPSA) is 82.1 Å². The van der Waals surface area contributed by atoms with Crippen molar-refractivity contribution in [3.8, 4) is 17.2 Å².